The van der Waals surface area contributed by atoms with Crippen molar-refractivity contribution in [3.8, 4) is 56.2 Å². The van der Waals surface area contributed by atoms with Gasteiger partial charge in [-0.1, -0.05) is 147 Å². The predicted molar refractivity (Wildman–Crippen MR) is 224 cm³/mol. The van der Waals surface area contributed by atoms with E-state index in [1.54, 1.807) is 0 Å². The van der Waals surface area contributed by atoms with Gasteiger partial charge in [0, 0.05) is 32.9 Å². The molecule has 1 aliphatic carbocycles. The van der Waals surface area contributed by atoms with Crippen molar-refractivity contribution in [1.82, 2.24) is 9.97 Å². The van der Waals surface area contributed by atoms with E-state index in [1.807, 2.05) is 30.3 Å². The topological polar surface area (TPSA) is 38.9 Å². The maximum Gasteiger partial charge on any atom is 0.160 e. The van der Waals surface area contributed by atoms with Crippen molar-refractivity contribution < 1.29 is 4.42 Å². The van der Waals surface area contributed by atoms with Gasteiger partial charge in [-0.15, -0.1) is 0 Å². The quantitative estimate of drug-likeness (QED) is 0.184. The van der Waals surface area contributed by atoms with Gasteiger partial charge in [-0.3, -0.25) is 0 Å². The van der Waals surface area contributed by atoms with E-state index >= 15 is 0 Å². The molecule has 10 aromatic rings. The Labute approximate surface area is 313 Å². The maximum absolute atomic E-state index is 6.16. The Morgan fingerprint density at radius 2 is 1.06 bits per heavy atom. The first-order chi connectivity index (χ1) is 26.5. The molecule has 0 fully saturated rings. The molecule has 2 aromatic heterocycles. The Morgan fingerprint density at radius 3 is 1.91 bits per heavy atom. The summed E-state index contributed by atoms with van der Waals surface area (Å²) in [4.78, 5) is 10.4. The van der Waals surface area contributed by atoms with Crippen LogP contribution in [0.5, 0.6) is 0 Å². The van der Waals surface area contributed by atoms with Crippen LogP contribution in [-0.4, -0.2) is 9.97 Å². The molecule has 254 valence electrons. The van der Waals surface area contributed by atoms with Gasteiger partial charge in [0.1, 0.15) is 11.2 Å². The minimum absolute atomic E-state index is 0.0738. The van der Waals surface area contributed by atoms with E-state index in [9.17, 15) is 0 Å². The Bertz CT molecular complexity index is 3130. The van der Waals surface area contributed by atoms with Crippen molar-refractivity contribution in [3.63, 3.8) is 0 Å². The van der Waals surface area contributed by atoms with Crippen LogP contribution in [0.4, 0.5) is 0 Å². The number of benzene rings is 8. The summed E-state index contributed by atoms with van der Waals surface area (Å²) in [5.74, 6) is 0.695. The van der Waals surface area contributed by atoms with Crippen LogP contribution in [0, 0.1) is 0 Å². The van der Waals surface area contributed by atoms with Crippen LogP contribution in [0.3, 0.4) is 0 Å². The minimum Gasteiger partial charge on any atom is -0.456 e. The number of hydrogen-bond donors (Lipinski definition) is 0. The van der Waals surface area contributed by atoms with Gasteiger partial charge < -0.3 is 4.42 Å². The summed E-state index contributed by atoms with van der Waals surface area (Å²) in [5, 5.41) is 7.11. The van der Waals surface area contributed by atoms with Crippen LogP contribution in [0.1, 0.15) is 25.0 Å². The molecule has 1 aliphatic rings. The van der Waals surface area contributed by atoms with Gasteiger partial charge in [0.05, 0.1) is 11.4 Å². The molecule has 0 bridgehead atoms. The van der Waals surface area contributed by atoms with E-state index in [4.69, 9.17) is 14.4 Å². The van der Waals surface area contributed by atoms with Crippen LogP contribution in [0.25, 0.3) is 99.6 Å². The first-order valence-corrected chi connectivity index (χ1v) is 18.6. The fourth-order valence-electron chi connectivity index (χ4n) is 8.80. The number of aromatic nitrogens is 2. The number of furan rings is 1. The Kier molecular flexibility index (Phi) is 6.60. The molecule has 0 unspecified atom stereocenters. The lowest BCUT2D eigenvalue weighted by Gasteiger charge is -2.22. The molecule has 2 heterocycles. The summed E-state index contributed by atoms with van der Waals surface area (Å²) < 4.78 is 6.16. The number of para-hydroxylation sites is 1. The van der Waals surface area contributed by atoms with E-state index in [-0.39, 0.29) is 5.41 Å². The highest BCUT2D eigenvalue weighted by molar-refractivity contribution is 6.08. The average Bonchev–Trinajstić information content (AvgIpc) is 3.71. The molecule has 8 aromatic carbocycles. The second-order valence-electron chi connectivity index (χ2n) is 14.9. The van der Waals surface area contributed by atoms with Gasteiger partial charge in [0.15, 0.2) is 5.82 Å². The van der Waals surface area contributed by atoms with Crippen molar-refractivity contribution >= 4 is 43.5 Å². The number of fused-ring (bicyclic) bond motifs is 9. The van der Waals surface area contributed by atoms with Crippen LogP contribution >= 0.6 is 0 Å². The van der Waals surface area contributed by atoms with Gasteiger partial charge in [-0.05, 0) is 91.3 Å². The van der Waals surface area contributed by atoms with Gasteiger partial charge in [0.2, 0.25) is 0 Å². The molecule has 0 saturated heterocycles. The van der Waals surface area contributed by atoms with Crippen molar-refractivity contribution in [2.24, 2.45) is 0 Å². The Morgan fingerprint density at radius 1 is 0.407 bits per heavy atom. The molecule has 0 amide bonds. The fourth-order valence-corrected chi connectivity index (χ4v) is 8.80. The summed E-state index contributed by atoms with van der Waals surface area (Å²) >= 11 is 0. The molecule has 0 radical (unpaired) electrons. The zero-order valence-corrected chi connectivity index (χ0v) is 30.0. The van der Waals surface area contributed by atoms with Crippen LogP contribution in [-0.2, 0) is 5.41 Å². The molecule has 3 heteroatoms. The average molecular weight is 691 g/mol. The fraction of sp³-hybridized carbons (Fsp3) is 0.0588. The minimum atomic E-state index is -0.0738. The summed E-state index contributed by atoms with van der Waals surface area (Å²) in [6.45, 7) is 4.71. The highest BCUT2D eigenvalue weighted by Crippen LogP contribution is 2.52. The molecule has 3 nitrogen and oxygen atoms in total. The zero-order valence-electron chi connectivity index (χ0n) is 30.0. The standard InChI is InChI=1S/C51H34N2O/c1-51(2)43-25-21-33(28-42(43)49-36-15-7-6-12-31(36)20-26-44(49)51)35-23-24-39(38-17-9-8-16-37(35)38)46-30-45(52-50(53-46)32-13-4-3-5-14-32)34-22-27-48-41(29-34)40-18-10-11-19-47(40)54-48/h3-30H,1-2H3. The molecule has 0 spiro atoms. The normalized spacial score (nSPS) is 13.1. The summed E-state index contributed by atoms with van der Waals surface area (Å²) in [7, 11) is 0. The second-order valence-corrected chi connectivity index (χ2v) is 14.9. The van der Waals surface area contributed by atoms with E-state index in [0.717, 1.165) is 55.4 Å². The number of rotatable bonds is 4. The third-order valence-corrected chi connectivity index (χ3v) is 11.5. The molecule has 54 heavy (non-hydrogen) atoms. The van der Waals surface area contributed by atoms with Gasteiger partial charge in [-0.25, -0.2) is 9.97 Å². The van der Waals surface area contributed by atoms with Crippen molar-refractivity contribution in [2.75, 3.05) is 0 Å². The van der Waals surface area contributed by atoms with Gasteiger partial charge >= 0.3 is 0 Å². The highest BCUT2D eigenvalue weighted by Gasteiger charge is 2.36. The summed E-state index contributed by atoms with van der Waals surface area (Å²) in [6.07, 6.45) is 0. The van der Waals surface area contributed by atoms with Crippen molar-refractivity contribution in [1.29, 1.82) is 0 Å². The van der Waals surface area contributed by atoms with E-state index in [2.05, 4.69) is 153 Å². The maximum atomic E-state index is 6.16. The number of nitrogens with zero attached hydrogens (tertiary/aromatic N) is 2. The van der Waals surface area contributed by atoms with Crippen LogP contribution < -0.4 is 0 Å². The molecule has 0 saturated carbocycles. The SMILES string of the molecule is CC1(C)c2ccc(-c3ccc(-c4cc(-c5ccc6oc7ccccc7c6c5)nc(-c5ccccc5)n4)c4ccccc34)cc2-c2c1ccc1ccccc21. The lowest BCUT2D eigenvalue weighted by atomic mass is 9.81. The molecule has 0 atom stereocenters. The Balaban J connectivity index is 1.09. The monoisotopic (exact) mass is 690 g/mol. The molecular weight excluding hydrogens is 657 g/mol. The van der Waals surface area contributed by atoms with Gasteiger partial charge in [-0.2, -0.15) is 0 Å². The smallest absolute Gasteiger partial charge is 0.160 e. The molecule has 0 aliphatic heterocycles. The van der Waals surface area contributed by atoms with E-state index in [1.165, 1.54) is 49.5 Å². The predicted octanol–water partition coefficient (Wildman–Crippen LogP) is 13.7. The summed E-state index contributed by atoms with van der Waals surface area (Å²) in [5.41, 5.74) is 14.4. The van der Waals surface area contributed by atoms with Crippen molar-refractivity contribution in [2.45, 2.75) is 19.3 Å². The molecule has 0 N–H and O–H groups in total. The number of hydrogen-bond acceptors (Lipinski definition) is 3. The second kappa shape index (κ2) is 11.6. The summed E-state index contributed by atoms with van der Waals surface area (Å²) in [6, 6.07) is 60.6. The molecule has 11 rings (SSSR count). The Hall–Kier alpha value is -6.84. The third-order valence-electron chi connectivity index (χ3n) is 11.5. The third kappa shape index (κ3) is 4.61. The first-order valence-electron chi connectivity index (χ1n) is 18.6. The van der Waals surface area contributed by atoms with Gasteiger partial charge in [0.25, 0.3) is 0 Å². The van der Waals surface area contributed by atoms with Crippen LogP contribution in [0.15, 0.2) is 174 Å². The van der Waals surface area contributed by atoms with Crippen LogP contribution in [0.2, 0.25) is 0 Å². The van der Waals surface area contributed by atoms with E-state index in [0.29, 0.717) is 5.82 Å². The first kappa shape index (κ1) is 30.8. The highest BCUT2D eigenvalue weighted by atomic mass is 16.3. The zero-order chi connectivity index (χ0) is 36.0. The van der Waals surface area contributed by atoms with Crippen molar-refractivity contribution in [3.05, 3.63) is 181 Å². The lowest BCUT2D eigenvalue weighted by Crippen LogP contribution is -2.14. The largest absolute Gasteiger partial charge is 0.456 e. The van der Waals surface area contributed by atoms with E-state index < -0.39 is 0 Å². The lowest BCUT2D eigenvalue weighted by molar-refractivity contribution is 0.661. The molecular formula is C51H34N2O.